The maximum Gasteiger partial charge on any atom is 0.232 e. The van der Waals surface area contributed by atoms with Gasteiger partial charge >= 0.3 is 0 Å². The van der Waals surface area contributed by atoms with Crippen LogP contribution in [0.3, 0.4) is 0 Å². The average Bonchev–Trinajstić information content (AvgIpc) is 2.85. The van der Waals surface area contributed by atoms with E-state index in [-0.39, 0.29) is 11.8 Å². The number of halogens is 1. The van der Waals surface area contributed by atoms with Crippen molar-refractivity contribution in [3.63, 3.8) is 0 Å². The van der Waals surface area contributed by atoms with Gasteiger partial charge in [0.1, 0.15) is 0 Å². The Bertz CT molecular complexity index is 483. The number of rotatable bonds is 1. The molecule has 0 aliphatic carbocycles. The van der Waals surface area contributed by atoms with Gasteiger partial charge in [-0.05, 0) is 43.4 Å². The van der Waals surface area contributed by atoms with Crippen LogP contribution in [0.15, 0.2) is 22.7 Å². The van der Waals surface area contributed by atoms with E-state index < -0.39 is 0 Å². The molecule has 2 aliphatic rings. The van der Waals surface area contributed by atoms with E-state index in [4.69, 9.17) is 4.74 Å². The van der Waals surface area contributed by atoms with E-state index in [0.717, 1.165) is 49.0 Å². The molecule has 0 radical (unpaired) electrons. The Morgan fingerprint density at radius 1 is 1.37 bits per heavy atom. The molecule has 102 valence electrons. The number of hydrogen-bond donors (Lipinski definition) is 0. The third-order valence-corrected chi connectivity index (χ3v) is 4.73. The van der Waals surface area contributed by atoms with Gasteiger partial charge in [-0.1, -0.05) is 22.0 Å². The summed E-state index contributed by atoms with van der Waals surface area (Å²) in [6, 6.07) is 6.14. The molecule has 0 saturated carbocycles. The zero-order chi connectivity index (χ0) is 13.2. The Hall–Kier alpha value is -0.870. The van der Waals surface area contributed by atoms with E-state index in [1.165, 1.54) is 5.56 Å². The Morgan fingerprint density at radius 2 is 2.26 bits per heavy atom. The summed E-state index contributed by atoms with van der Waals surface area (Å²) in [5, 5.41) is 0. The summed E-state index contributed by atoms with van der Waals surface area (Å²) in [5.41, 5.74) is 2.36. The quantitative estimate of drug-likeness (QED) is 0.794. The van der Waals surface area contributed by atoms with E-state index >= 15 is 0 Å². The lowest BCUT2D eigenvalue weighted by Crippen LogP contribution is -2.37. The van der Waals surface area contributed by atoms with Crippen LogP contribution in [0.5, 0.6) is 0 Å². The standard InChI is InChI=1S/C15H18BrNO2/c16-13-5-3-6-14-12(13)4-1-2-8-17(14)15(18)11-7-9-19-10-11/h3,5-6,11H,1-2,4,7-10H2. The summed E-state index contributed by atoms with van der Waals surface area (Å²) in [4.78, 5) is 14.6. The summed E-state index contributed by atoms with van der Waals surface area (Å²) in [5.74, 6) is 0.281. The summed E-state index contributed by atoms with van der Waals surface area (Å²) < 4.78 is 6.47. The minimum atomic E-state index is 0.0462. The predicted molar refractivity (Wildman–Crippen MR) is 78.4 cm³/mol. The van der Waals surface area contributed by atoms with Crippen molar-refractivity contribution in [1.29, 1.82) is 0 Å². The first-order valence-corrected chi connectivity index (χ1v) is 7.73. The molecule has 1 atom stereocenters. The minimum Gasteiger partial charge on any atom is -0.381 e. The van der Waals surface area contributed by atoms with Crippen molar-refractivity contribution in [2.24, 2.45) is 5.92 Å². The van der Waals surface area contributed by atoms with Crippen LogP contribution in [0.4, 0.5) is 5.69 Å². The molecule has 1 aromatic carbocycles. The molecule has 1 fully saturated rings. The van der Waals surface area contributed by atoms with Gasteiger partial charge in [-0.3, -0.25) is 4.79 Å². The Balaban J connectivity index is 1.93. The third kappa shape index (κ3) is 2.56. The van der Waals surface area contributed by atoms with Gasteiger partial charge in [0.2, 0.25) is 5.91 Å². The molecule has 0 aromatic heterocycles. The molecule has 1 aromatic rings. The first-order valence-electron chi connectivity index (χ1n) is 6.94. The Morgan fingerprint density at radius 3 is 3.05 bits per heavy atom. The topological polar surface area (TPSA) is 29.5 Å². The van der Waals surface area contributed by atoms with Crippen LogP contribution in [0.1, 0.15) is 24.8 Å². The average molecular weight is 324 g/mol. The molecule has 3 rings (SSSR count). The molecule has 0 spiro atoms. The lowest BCUT2D eigenvalue weighted by molar-refractivity contribution is -0.122. The largest absolute Gasteiger partial charge is 0.381 e. The van der Waals surface area contributed by atoms with Crippen molar-refractivity contribution < 1.29 is 9.53 Å². The smallest absolute Gasteiger partial charge is 0.232 e. The maximum atomic E-state index is 12.7. The van der Waals surface area contributed by atoms with Crippen LogP contribution in [0.25, 0.3) is 0 Å². The predicted octanol–water partition coefficient (Wildman–Crippen LogP) is 3.15. The fraction of sp³-hybridized carbons (Fsp3) is 0.533. The van der Waals surface area contributed by atoms with Crippen molar-refractivity contribution in [3.8, 4) is 0 Å². The minimum absolute atomic E-state index is 0.0462. The molecule has 19 heavy (non-hydrogen) atoms. The number of amides is 1. The fourth-order valence-corrected chi connectivity index (χ4v) is 3.47. The molecule has 1 unspecified atom stereocenters. The van der Waals surface area contributed by atoms with Crippen LogP contribution in [-0.2, 0) is 16.0 Å². The zero-order valence-electron chi connectivity index (χ0n) is 10.9. The lowest BCUT2D eigenvalue weighted by atomic mass is 10.1. The van der Waals surface area contributed by atoms with Crippen LogP contribution in [0, 0.1) is 5.92 Å². The van der Waals surface area contributed by atoms with E-state index in [9.17, 15) is 4.79 Å². The third-order valence-electron chi connectivity index (χ3n) is 3.99. The molecule has 4 heteroatoms. The van der Waals surface area contributed by atoms with Crippen LogP contribution >= 0.6 is 15.9 Å². The van der Waals surface area contributed by atoms with Crippen LogP contribution in [-0.4, -0.2) is 25.7 Å². The summed E-state index contributed by atoms with van der Waals surface area (Å²) in [6.45, 7) is 2.13. The van der Waals surface area contributed by atoms with Crippen LogP contribution in [0.2, 0.25) is 0 Å². The first-order chi connectivity index (χ1) is 9.27. The number of carbonyl (C=O) groups excluding carboxylic acids is 1. The van der Waals surface area contributed by atoms with Gasteiger partial charge < -0.3 is 9.64 Å². The Kier molecular flexibility index (Phi) is 3.89. The normalized spacial score (nSPS) is 23.0. The molecule has 2 heterocycles. The van der Waals surface area contributed by atoms with Gasteiger partial charge in [0, 0.05) is 23.3 Å². The highest BCUT2D eigenvalue weighted by atomic mass is 79.9. The molecule has 1 saturated heterocycles. The lowest BCUT2D eigenvalue weighted by Gasteiger charge is -2.25. The molecular formula is C15H18BrNO2. The van der Waals surface area contributed by atoms with Crippen molar-refractivity contribution in [2.75, 3.05) is 24.7 Å². The number of fused-ring (bicyclic) bond motifs is 1. The van der Waals surface area contributed by atoms with E-state index in [1.54, 1.807) is 0 Å². The van der Waals surface area contributed by atoms with Gasteiger partial charge in [0.15, 0.2) is 0 Å². The second-order valence-corrected chi connectivity index (χ2v) is 6.10. The number of benzene rings is 1. The summed E-state index contributed by atoms with van der Waals surface area (Å²) in [7, 11) is 0. The molecule has 0 bridgehead atoms. The van der Waals surface area contributed by atoms with Gasteiger partial charge in [0.25, 0.3) is 0 Å². The number of nitrogens with zero attached hydrogens (tertiary/aromatic N) is 1. The van der Waals surface area contributed by atoms with Gasteiger partial charge in [-0.2, -0.15) is 0 Å². The monoisotopic (exact) mass is 323 g/mol. The highest BCUT2D eigenvalue weighted by Crippen LogP contribution is 2.33. The summed E-state index contributed by atoms with van der Waals surface area (Å²) >= 11 is 3.61. The molecule has 2 aliphatic heterocycles. The molecule has 0 N–H and O–H groups in total. The van der Waals surface area contributed by atoms with Crippen molar-refractivity contribution >= 4 is 27.5 Å². The number of hydrogen-bond acceptors (Lipinski definition) is 2. The first kappa shape index (κ1) is 13.1. The number of ether oxygens (including phenoxy) is 1. The van der Waals surface area contributed by atoms with Gasteiger partial charge in [-0.25, -0.2) is 0 Å². The number of carbonyl (C=O) groups is 1. The molecular weight excluding hydrogens is 306 g/mol. The van der Waals surface area contributed by atoms with Gasteiger partial charge in [0.05, 0.1) is 12.5 Å². The van der Waals surface area contributed by atoms with E-state index in [0.29, 0.717) is 6.61 Å². The fourth-order valence-electron chi connectivity index (χ4n) is 2.92. The number of anilines is 1. The SMILES string of the molecule is O=C(C1CCOC1)N1CCCCc2c(Br)cccc21. The van der Waals surface area contributed by atoms with E-state index in [1.807, 2.05) is 11.0 Å². The van der Waals surface area contributed by atoms with E-state index in [2.05, 4.69) is 28.1 Å². The van der Waals surface area contributed by atoms with Crippen molar-refractivity contribution in [3.05, 3.63) is 28.2 Å². The second kappa shape index (κ2) is 5.63. The van der Waals surface area contributed by atoms with Crippen molar-refractivity contribution in [2.45, 2.75) is 25.7 Å². The zero-order valence-corrected chi connectivity index (χ0v) is 12.5. The van der Waals surface area contributed by atoms with Gasteiger partial charge in [-0.15, -0.1) is 0 Å². The highest BCUT2D eigenvalue weighted by molar-refractivity contribution is 9.10. The van der Waals surface area contributed by atoms with Crippen molar-refractivity contribution in [1.82, 2.24) is 0 Å². The molecule has 1 amide bonds. The maximum absolute atomic E-state index is 12.7. The second-order valence-electron chi connectivity index (χ2n) is 5.25. The highest BCUT2D eigenvalue weighted by Gasteiger charge is 2.30. The molecule has 3 nitrogen and oxygen atoms in total. The van der Waals surface area contributed by atoms with Crippen LogP contribution < -0.4 is 4.90 Å². The Labute approximate surface area is 122 Å². The summed E-state index contributed by atoms with van der Waals surface area (Å²) in [6.07, 6.45) is 4.11.